The zero-order chi connectivity index (χ0) is 16.2. The van der Waals surface area contributed by atoms with E-state index < -0.39 is 5.60 Å². The summed E-state index contributed by atoms with van der Waals surface area (Å²) < 4.78 is 5.45. The van der Waals surface area contributed by atoms with Gasteiger partial charge < -0.3 is 20.7 Å². The third-order valence-corrected chi connectivity index (χ3v) is 3.71. The van der Waals surface area contributed by atoms with E-state index >= 15 is 0 Å². The Morgan fingerprint density at radius 2 is 2.14 bits per heavy atom. The Hall–Kier alpha value is -1.91. The van der Waals surface area contributed by atoms with Gasteiger partial charge in [0.2, 0.25) is 0 Å². The molecule has 1 aromatic carbocycles. The Morgan fingerprint density at radius 3 is 2.82 bits per heavy atom. The zero-order valence-corrected chi connectivity index (χ0v) is 13.8. The maximum Gasteiger partial charge on any atom is 0.410 e. The molecule has 0 radical (unpaired) electrons. The molecule has 1 aromatic rings. The van der Waals surface area contributed by atoms with Gasteiger partial charge in [-0.3, -0.25) is 0 Å². The number of ether oxygens (including phenoxy) is 1. The van der Waals surface area contributed by atoms with Crippen LogP contribution in [0.1, 0.15) is 33.6 Å². The molecule has 1 atom stereocenters. The van der Waals surface area contributed by atoms with Crippen LogP contribution in [0.3, 0.4) is 0 Å². The van der Waals surface area contributed by atoms with Gasteiger partial charge in [-0.05, 0) is 51.7 Å². The van der Waals surface area contributed by atoms with E-state index in [0.29, 0.717) is 5.92 Å². The molecular formula is C17H27N3O2. The van der Waals surface area contributed by atoms with Gasteiger partial charge in [0.05, 0.1) is 11.4 Å². The number of hydrogen-bond acceptors (Lipinski definition) is 4. The summed E-state index contributed by atoms with van der Waals surface area (Å²) in [6.07, 6.45) is 1.91. The molecule has 5 nitrogen and oxygen atoms in total. The molecule has 0 aliphatic carbocycles. The topological polar surface area (TPSA) is 67.6 Å². The van der Waals surface area contributed by atoms with Crippen LogP contribution in [0.25, 0.3) is 0 Å². The number of rotatable bonds is 3. The van der Waals surface area contributed by atoms with Crippen LogP contribution in [-0.2, 0) is 4.74 Å². The fraction of sp³-hybridized carbons (Fsp3) is 0.588. The summed E-state index contributed by atoms with van der Waals surface area (Å²) in [5.41, 5.74) is 7.20. The quantitative estimate of drug-likeness (QED) is 0.841. The SMILES string of the molecule is CC(C)(C)OC(=O)N1CCCC(CNc2ccccc2N)C1. The van der Waals surface area contributed by atoms with Crippen LogP contribution in [-0.4, -0.2) is 36.2 Å². The Labute approximate surface area is 132 Å². The predicted molar refractivity (Wildman–Crippen MR) is 89.9 cm³/mol. The summed E-state index contributed by atoms with van der Waals surface area (Å²) in [6, 6.07) is 7.75. The number of nitrogens with zero attached hydrogens (tertiary/aromatic N) is 1. The molecule has 2 rings (SSSR count). The first-order valence-corrected chi connectivity index (χ1v) is 7.91. The first-order valence-electron chi connectivity index (χ1n) is 7.91. The summed E-state index contributed by atoms with van der Waals surface area (Å²) in [4.78, 5) is 14.0. The maximum atomic E-state index is 12.2. The molecule has 1 saturated heterocycles. The van der Waals surface area contributed by atoms with E-state index in [1.54, 1.807) is 0 Å². The highest BCUT2D eigenvalue weighted by atomic mass is 16.6. The molecule has 1 heterocycles. The molecule has 1 unspecified atom stereocenters. The van der Waals surface area contributed by atoms with Gasteiger partial charge in [-0.15, -0.1) is 0 Å². The van der Waals surface area contributed by atoms with Crippen LogP contribution >= 0.6 is 0 Å². The minimum atomic E-state index is -0.444. The third-order valence-electron chi connectivity index (χ3n) is 3.71. The summed E-state index contributed by atoms with van der Waals surface area (Å²) in [6.45, 7) is 8.01. The fourth-order valence-electron chi connectivity index (χ4n) is 2.64. The zero-order valence-electron chi connectivity index (χ0n) is 13.8. The molecule has 0 bridgehead atoms. The number of hydrogen-bond donors (Lipinski definition) is 2. The summed E-state index contributed by atoms with van der Waals surface area (Å²) in [7, 11) is 0. The number of carbonyl (C=O) groups excluding carboxylic acids is 1. The van der Waals surface area contributed by atoms with Crippen molar-refractivity contribution in [2.24, 2.45) is 5.92 Å². The molecule has 22 heavy (non-hydrogen) atoms. The number of nitrogens with one attached hydrogen (secondary N) is 1. The van der Waals surface area contributed by atoms with Crippen LogP contribution in [0, 0.1) is 5.92 Å². The van der Waals surface area contributed by atoms with Gasteiger partial charge in [0.25, 0.3) is 0 Å². The molecule has 5 heteroatoms. The highest BCUT2D eigenvalue weighted by Crippen LogP contribution is 2.22. The summed E-state index contributed by atoms with van der Waals surface area (Å²) in [5, 5.41) is 3.39. The lowest BCUT2D eigenvalue weighted by Gasteiger charge is -2.34. The maximum absolute atomic E-state index is 12.2. The molecule has 1 fully saturated rings. The Balaban J connectivity index is 1.86. The van der Waals surface area contributed by atoms with Crippen molar-refractivity contribution in [2.75, 3.05) is 30.7 Å². The van der Waals surface area contributed by atoms with Crippen LogP contribution < -0.4 is 11.1 Å². The van der Waals surface area contributed by atoms with Gasteiger partial charge in [-0.2, -0.15) is 0 Å². The molecule has 1 aliphatic rings. The van der Waals surface area contributed by atoms with Gasteiger partial charge in [0.15, 0.2) is 0 Å². The van der Waals surface area contributed by atoms with Crippen molar-refractivity contribution in [2.45, 2.75) is 39.2 Å². The number of anilines is 2. The van der Waals surface area contributed by atoms with E-state index in [9.17, 15) is 4.79 Å². The lowest BCUT2D eigenvalue weighted by molar-refractivity contribution is 0.0172. The number of amides is 1. The lowest BCUT2D eigenvalue weighted by atomic mass is 9.98. The van der Waals surface area contributed by atoms with Crippen molar-refractivity contribution in [3.05, 3.63) is 24.3 Å². The largest absolute Gasteiger partial charge is 0.444 e. The van der Waals surface area contributed by atoms with Gasteiger partial charge >= 0.3 is 6.09 Å². The van der Waals surface area contributed by atoms with Gasteiger partial charge in [0.1, 0.15) is 5.60 Å². The monoisotopic (exact) mass is 305 g/mol. The number of nitrogens with two attached hydrogens (primary N) is 1. The molecule has 0 aromatic heterocycles. The van der Waals surface area contributed by atoms with Crippen LogP contribution in [0.4, 0.5) is 16.2 Å². The van der Waals surface area contributed by atoms with Gasteiger partial charge in [0, 0.05) is 19.6 Å². The van der Waals surface area contributed by atoms with E-state index in [0.717, 1.165) is 43.9 Å². The van der Waals surface area contributed by atoms with Gasteiger partial charge in [-0.1, -0.05) is 12.1 Å². The van der Waals surface area contributed by atoms with E-state index in [2.05, 4.69) is 5.32 Å². The number of piperidine rings is 1. The normalized spacial score (nSPS) is 18.9. The van der Waals surface area contributed by atoms with E-state index in [1.807, 2.05) is 49.9 Å². The van der Waals surface area contributed by atoms with Crippen molar-refractivity contribution >= 4 is 17.5 Å². The minimum absolute atomic E-state index is 0.212. The second-order valence-electron chi connectivity index (χ2n) is 6.90. The Kier molecular flexibility index (Phi) is 5.16. The summed E-state index contributed by atoms with van der Waals surface area (Å²) >= 11 is 0. The molecular weight excluding hydrogens is 278 g/mol. The number of para-hydroxylation sites is 2. The van der Waals surface area contributed by atoms with Crippen LogP contribution in [0.2, 0.25) is 0 Å². The Bertz CT molecular complexity index is 511. The van der Waals surface area contributed by atoms with Crippen molar-refractivity contribution in [3.8, 4) is 0 Å². The summed E-state index contributed by atoms with van der Waals surface area (Å²) in [5.74, 6) is 0.417. The smallest absolute Gasteiger partial charge is 0.410 e. The standard InChI is InChI=1S/C17H27N3O2/c1-17(2,3)22-16(21)20-10-6-7-13(12-20)11-19-15-9-5-4-8-14(15)18/h4-5,8-9,13,19H,6-7,10-12,18H2,1-3H3. The predicted octanol–water partition coefficient (Wildman–Crippen LogP) is 3.33. The van der Waals surface area contributed by atoms with E-state index in [1.165, 1.54) is 0 Å². The first kappa shape index (κ1) is 16.5. The van der Waals surface area contributed by atoms with Crippen molar-refractivity contribution in [1.82, 2.24) is 4.90 Å². The minimum Gasteiger partial charge on any atom is -0.444 e. The van der Waals surface area contributed by atoms with Crippen molar-refractivity contribution in [1.29, 1.82) is 0 Å². The molecule has 0 saturated carbocycles. The number of carbonyl (C=O) groups is 1. The number of nitrogen functional groups attached to an aromatic ring is 1. The van der Waals surface area contributed by atoms with Gasteiger partial charge in [-0.25, -0.2) is 4.79 Å². The van der Waals surface area contributed by atoms with Crippen LogP contribution in [0.5, 0.6) is 0 Å². The van der Waals surface area contributed by atoms with Crippen molar-refractivity contribution < 1.29 is 9.53 Å². The molecule has 3 N–H and O–H groups in total. The van der Waals surface area contributed by atoms with Crippen LogP contribution in [0.15, 0.2) is 24.3 Å². The average molecular weight is 305 g/mol. The second kappa shape index (κ2) is 6.90. The molecule has 1 amide bonds. The molecule has 0 spiro atoms. The highest BCUT2D eigenvalue weighted by Gasteiger charge is 2.27. The van der Waals surface area contributed by atoms with Crippen molar-refractivity contribution in [3.63, 3.8) is 0 Å². The average Bonchev–Trinajstić information content (AvgIpc) is 2.45. The number of likely N-dealkylation sites (tertiary alicyclic amines) is 1. The second-order valence-corrected chi connectivity index (χ2v) is 6.90. The molecule has 1 aliphatic heterocycles. The third kappa shape index (κ3) is 4.83. The van der Waals surface area contributed by atoms with E-state index in [4.69, 9.17) is 10.5 Å². The Morgan fingerprint density at radius 1 is 1.41 bits per heavy atom. The van der Waals surface area contributed by atoms with E-state index in [-0.39, 0.29) is 6.09 Å². The number of benzene rings is 1. The molecule has 122 valence electrons. The highest BCUT2D eigenvalue weighted by molar-refractivity contribution is 5.68. The lowest BCUT2D eigenvalue weighted by Crippen LogP contribution is -2.44. The first-order chi connectivity index (χ1) is 10.3. The fourth-order valence-corrected chi connectivity index (χ4v) is 2.64.